The molecule has 2 aliphatic carbocycles. The molecule has 2 aliphatic rings. The second-order valence-corrected chi connectivity index (χ2v) is 13.7. The molecule has 0 amide bonds. The van der Waals surface area contributed by atoms with Crippen LogP contribution in [0.3, 0.4) is 0 Å². The van der Waals surface area contributed by atoms with E-state index in [1.165, 1.54) is 21.2 Å². The molecule has 2 unspecified atom stereocenters. The molecule has 3 N–H and O–H groups in total. The Labute approximate surface area is 132 Å². The quantitative estimate of drug-likeness (QED) is 0.814. The number of aliphatic hydroxyl groups excluding tert-OH is 1. The van der Waals surface area contributed by atoms with Gasteiger partial charge in [-0.1, -0.05) is 37.5 Å². The zero-order chi connectivity index (χ0) is 15.4. The summed E-state index contributed by atoms with van der Waals surface area (Å²) in [7, 11) is -1.48. The molecule has 0 aliphatic heterocycles. The first kappa shape index (κ1) is 15.2. The molecule has 2 nitrogen and oxygen atoms in total. The number of aliphatic hydroxyl groups is 1. The Bertz CT molecular complexity index is 599. The molecule has 0 radical (unpaired) electrons. The lowest BCUT2D eigenvalue weighted by molar-refractivity contribution is 0.173. The van der Waals surface area contributed by atoms with Gasteiger partial charge >= 0.3 is 0 Å². The van der Waals surface area contributed by atoms with Crippen LogP contribution in [-0.4, -0.2) is 24.8 Å². The van der Waals surface area contributed by atoms with Crippen molar-refractivity contribution in [2.75, 3.05) is 0 Å². The molecule has 0 bridgehead atoms. The summed E-state index contributed by atoms with van der Waals surface area (Å²) in [6.07, 6.45) is 2.13. The Balaban J connectivity index is 2.16. The lowest BCUT2D eigenvalue weighted by Crippen LogP contribution is -2.49. The number of thiophene rings is 1. The van der Waals surface area contributed by atoms with E-state index in [4.69, 9.17) is 5.73 Å². The molecule has 3 atom stereocenters. The van der Waals surface area contributed by atoms with Crippen LogP contribution in [0, 0.1) is 5.92 Å². The van der Waals surface area contributed by atoms with Gasteiger partial charge in [0.15, 0.2) is 0 Å². The van der Waals surface area contributed by atoms with Gasteiger partial charge in [-0.3, -0.25) is 0 Å². The predicted octanol–water partition coefficient (Wildman–Crippen LogP) is 3.81. The van der Waals surface area contributed by atoms with Crippen molar-refractivity contribution in [3.8, 4) is 0 Å². The van der Waals surface area contributed by atoms with Gasteiger partial charge in [-0.05, 0) is 41.9 Å². The van der Waals surface area contributed by atoms with E-state index in [1.807, 2.05) is 0 Å². The number of fused-ring (bicyclic) bond motifs is 1. The molecule has 1 heterocycles. The van der Waals surface area contributed by atoms with Gasteiger partial charge in [0.25, 0.3) is 0 Å². The van der Waals surface area contributed by atoms with Crippen LogP contribution < -0.4 is 5.73 Å². The minimum absolute atomic E-state index is 0.227. The van der Waals surface area contributed by atoms with Crippen LogP contribution >= 0.6 is 11.3 Å². The first-order valence-corrected chi connectivity index (χ1v) is 12.0. The Morgan fingerprint density at radius 1 is 1.43 bits per heavy atom. The van der Waals surface area contributed by atoms with Gasteiger partial charge in [-0.25, -0.2) is 0 Å². The van der Waals surface area contributed by atoms with Gasteiger partial charge in [-0.2, -0.15) is 0 Å². The van der Waals surface area contributed by atoms with E-state index in [0.29, 0.717) is 6.42 Å². The van der Waals surface area contributed by atoms with Crippen molar-refractivity contribution in [3.63, 3.8) is 0 Å². The zero-order valence-corrected chi connectivity index (χ0v) is 15.0. The Kier molecular flexibility index (Phi) is 3.56. The highest BCUT2D eigenvalue weighted by Gasteiger charge is 2.50. The largest absolute Gasteiger partial charge is 0.393 e. The third kappa shape index (κ3) is 2.48. The molecule has 21 heavy (non-hydrogen) atoms. The van der Waals surface area contributed by atoms with Crippen molar-refractivity contribution in [2.24, 2.45) is 11.7 Å². The highest BCUT2D eigenvalue weighted by Crippen LogP contribution is 2.53. The molecule has 4 heteroatoms. The Hall–Kier alpha value is -0.683. The van der Waals surface area contributed by atoms with Gasteiger partial charge in [0.1, 0.15) is 0 Å². The van der Waals surface area contributed by atoms with Gasteiger partial charge < -0.3 is 10.8 Å². The molecule has 1 aromatic rings. The highest BCUT2D eigenvalue weighted by molar-refractivity contribution is 7.11. The van der Waals surface area contributed by atoms with E-state index in [0.717, 1.165) is 12.8 Å². The number of rotatable bonds is 2. The molecular weight excluding hydrogens is 294 g/mol. The van der Waals surface area contributed by atoms with E-state index in [1.54, 1.807) is 11.3 Å². The lowest BCUT2D eigenvalue weighted by atomic mass is 9.73. The first-order valence-electron chi connectivity index (χ1n) is 7.66. The molecule has 1 fully saturated rings. The summed E-state index contributed by atoms with van der Waals surface area (Å²) < 4.78 is 0. The summed E-state index contributed by atoms with van der Waals surface area (Å²) in [6, 6.07) is 4.30. The van der Waals surface area contributed by atoms with Crippen molar-refractivity contribution in [1.29, 1.82) is 0 Å². The zero-order valence-electron chi connectivity index (χ0n) is 13.1. The summed E-state index contributed by atoms with van der Waals surface area (Å²) in [5.74, 6) is 0.227. The fourth-order valence-electron chi connectivity index (χ4n) is 4.01. The van der Waals surface area contributed by atoms with E-state index < -0.39 is 8.07 Å². The van der Waals surface area contributed by atoms with E-state index in [-0.39, 0.29) is 17.6 Å². The molecule has 1 aromatic heterocycles. The first-order chi connectivity index (χ1) is 9.72. The van der Waals surface area contributed by atoms with Crippen molar-refractivity contribution < 1.29 is 5.11 Å². The van der Waals surface area contributed by atoms with Crippen LogP contribution in [0.5, 0.6) is 0 Å². The van der Waals surface area contributed by atoms with Crippen LogP contribution in [0.2, 0.25) is 19.6 Å². The average Bonchev–Trinajstić information content (AvgIpc) is 2.95. The number of allylic oxidation sites excluding steroid dienone is 1. The second kappa shape index (κ2) is 4.91. The SMILES string of the molecule is C=C1C(c2cccs2)=C([Si](C)(C)C)C[C@@]2(N)CC(O)CC12. The van der Waals surface area contributed by atoms with E-state index in [9.17, 15) is 5.11 Å². The molecule has 0 spiro atoms. The van der Waals surface area contributed by atoms with Crippen molar-refractivity contribution >= 4 is 25.0 Å². The Morgan fingerprint density at radius 2 is 2.14 bits per heavy atom. The van der Waals surface area contributed by atoms with Gasteiger partial charge in [0.05, 0.1) is 14.2 Å². The number of hydrogen-bond acceptors (Lipinski definition) is 3. The second-order valence-electron chi connectivity index (χ2n) is 7.66. The molecule has 3 rings (SSSR count). The fourth-order valence-corrected chi connectivity index (χ4v) is 6.84. The third-order valence-electron chi connectivity index (χ3n) is 5.04. The van der Waals surface area contributed by atoms with Gasteiger partial charge in [-0.15, -0.1) is 11.3 Å². The molecule has 0 saturated heterocycles. The van der Waals surface area contributed by atoms with Crippen LogP contribution in [0.15, 0.2) is 34.9 Å². The summed E-state index contributed by atoms with van der Waals surface area (Å²) in [4.78, 5) is 1.32. The smallest absolute Gasteiger partial charge is 0.0733 e. The van der Waals surface area contributed by atoms with Crippen molar-refractivity contribution in [2.45, 2.75) is 50.5 Å². The van der Waals surface area contributed by atoms with E-state index in [2.05, 4.69) is 43.7 Å². The molecular formula is C17H25NOSSi. The summed E-state index contributed by atoms with van der Waals surface area (Å²) in [5.41, 5.74) is 8.97. The van der Waals surface area contributed by atoms with Gasteiger partial charge in [0.2, 0.25) is 0 Å². The minimum Gasteiger partial charge on any atom is -0.393 e. The highest BCUT2D eigenvalue weighted by atomic mass is 32.1. The third-order valence-corrected chi connectivity index (χ3v) is 8.16. The average molecular weight is 320 g/mol. The van der Waals surface area contributed by atoms with Crippen LogP contribution in [-0.2, 0) is 0 Å². The Morgan fingerprint density at radius 3 is 2.71 bits per heavy atom. The normalized spacial score (nSPS) is 33.5. The monoisotopic (exact) mass is 319 g/mol. The molecule has 1 saturated carbocycles. The fraction of sp³-hybridized carbons (Fsp3) is 0.529. The van der Waals surface area contributed by atoms with Crippen LogP contribution in [0.4, 0.5) is 0 Å². The van der Waals surface area contributed by atoms with Gasteiger partial charge in [0, 0.05) is 16.3 Å². The van der Waals surface area contributed by atoms with Crippen molar-refractivity contribution in [1.82, 2.24) is 0 Å². The maximum Gasteiger partial charge on any atom is 0.0733 e. The number of hydrogen-bond donors (Lipinski definition) is 2. The lowest BCUT2D eigenvalue weighted by Gasteiger charge is -2.43. The molecule has 0 aromatic carbocycles. The van der Waals surface area contributed by atoms with E-state index >= 15 is 0 Å². The topological polar surface area (TPSA) is 46.2 Å². The van der Waals surface area contributed by atoms with Crippen LogP contribution in [0.25, 0.3) is 5.57 Å². The molecule has 114 valence electrons. The minimum atomic E-state index is -1.48. The van der Waals surface area contributed by atoms with Crippen molar-refractivity contribution in [3.05, 3.63) is 39.7 Å². The summed E-state index contributed by atoms with van der Waals surface area (Å²) >= 11 is 1.79. The summed E-state index contributed by atoms with van der Waals surface area (Å²) in [5, 5.41) is 13.8. The predicted molar refractivity (Wildman–Crippen MR) is 94.0 cm³/mol. The number of nitrogens with two attached hydrogens (primary N) is 1. The maximum atomic E-state index is 10.1. The van der Waals surface area contributed by atoms with Crippen LogP contribution in [0.1, 0.15) is 24.1 Å². The standard InChI is InChI=1S/C17H25NOSSi/c1-11-13-8-12(19)9-17(13,18)10-15(21(2,3)4)16(11)14-6-5-7-20-14/h5-7,12-13,19H,1,8-10,18H2,2-4H3/t12?,13?,17-/m0/s1. The maximum absolute atomic E-state index is 10.1. The summed E-state index contributed by atoms with van der Waals surface area (Å²) in [6.45, 7) is 11.6.